The van der Waals surface area contributed by atoms with Gasteiger partial charge in [-0.05, 0) is 23.7 Å². The molecule has 10 heteroatoms. The number of hydrogen-bond acceptors (Lipinski definition) is 0. The molecular formula is C80H84Cl6Si2Zr2-2. The molecule has 0 spiro atoms. The summed E-state index contributed by atoms with van der Waals surface area (Å²) in [6.07, 6.45) is 0. The van der Waals surface area contributed by atoms with Crippen LogP contribution in [-0.2, 0) is 46.7 Å². The minimum Gasteiger partial charge on any atom is -1.00 e. The summed E-state index contributed by atoms with van der Waals surface area (Å²) in [5.74, 6) is 2.44. The molecule has 12 aromatic carbocycles. The van der Waals surface area contributed by atoms with Crippen LogP contribution >= 0.6 is 46.4 Å². The molecule has 0 aromatic heterocycles. The molecule has 0 aliphatic heterocycles. The first-order chi connectivity index (χ1) is 41.7. The maximum atomic E-state index is 5.88. The van der Waals surface area contributed by atoms with Crippen LogP contribution in [0, 0.1) is 55.4 Å². The summed E-state index contributed by atoms with van der Waals surface area (Å²) in [6.45, 7) is 35.5. The Morgan fingerprint density at radius 1 is 0.278 bits per heavy atom. The first-order valence-corrected chi connectivity index (χ1v) is 42.5. The van der Waals surface area contributed by atoms with Gasteiger partial charge in [-0.1, -0.05) is 157 Å². The zero-order valence-electron chi connectivity index (χ0n) is 55.1. The third kappa shape index (κ3) is 20.6. The number of fused-ring (bicyclic) bond motifs is 4. The zero-order chi connectivity index (χ0) is 64.3. The minimum atomic E-state index is -0.605. The van der Waals surface area contributed by atoms with E-state index in [0.717, 1.165) is 20.1 Å². The van der Waals surface area contributed by atoms with Gasteiger partial charge in [0.25, 0.3) is 0 Å². The SMILES string of the molecule is Cc1cc2c(C(C)C)ccc(C)c2[cH-]1.Cc1cc2c(C(C)C)ccc(C)c2[cH-]1.Cc1cc2c(C(C)C)ccc(C)c2[cH-]1.Cc1cc2c(C(C)C)ccc(C)c2[cH-]1.Clc1ccc([Si](=[Zr+2])c2ccc(Cl)cc2)cc1.Clc1ccc([Si](=[Zr+2])c2ccc(Cl)cc2)cc1.[Cl-].[Cl-]. The minimum absolute atomic E-state index is 0. The van der Waals surface area contributed by atoms with Crippen molar-refractivity contribution in [3.05, 3.63) is 281 Å². The second-order valence-corrected chi connectivity index (χ2v) is 37.7. The molecule has 0 saturated carbocycles. The summed E-state index contributed by atoms with van der Waals surface area (Å²) in [7, 11) is 0. The van der Waals surface area contributed by atoms with E-state index in [9.17, 15) is 0 Å². The number of halogens is 6. The van der Waals surface area contributed by atoms with Crippen molar-refractivity contribution in [3.8, 4) is 0 Å². The van der Waals surface area contributed by atoms with Gasteiger partial charge in [0.1, 0.15) is 0 Å². The van der Waals surface area contributed by atoms with Crippen molar-refractivity contribution in [2.45, 2.75) is 134 Å². The molecule has 0 aliphatic rings. The molecule has 464 valence electrons. The van der Waals surface area contributed by atoms with Gasteiger partial charge in [-0.15, -0.1) is 136 Å². The van der Waals surface area contributed by atoms with Crippen molar-refractivity contribution >= 4 is 121 Å². The monoisotopic (exact) mass is 1490 g/mol. The molecule has 90 heavy (non-hydrogen) atoms. The second kappa shape index (κ2) is 35.6. The average Bonchev–Trinajstić information content (AvgIpc) is 2.90. The standard InChI is InChI=1S/4C14H17.2C12H8Cl2Si.2ClH.2Zr/c4*1-9(2)12-6-5-11(4)13-7-10(3)8-14(12)13;2*13-9-1-5-11(6-2-9)15-12-7-3-10(14)4-8-12;;;;/h4*5-9H,1-4H3;2*1-8H;2*1H;;/q4*-1;;;;;2*+2/p-2. The molecule has 0 amide bonds. The van der Waals surface area contributed by atoms with E-state index in [1.165, 1.54) is 131 Å². The smallest absolute Gasteiger partial charge is 1.00 e. The van der Waals surface area contributed by atoms with Crippen molar-refractivity contribution in [2.75, 3.05) is 0 Å². The number of benzene rings is 8. The maximum Gasteiger partial charge on any atom is -1.00 e. The summed E-state index contributed by atoms with van der Waals surface area (Å²) in [6, 6.07) is 69.0. The average molecular weight is 1500 g/mol. The predicted molar refractivity (Wildman–Crippen MR) is 388 cm³/mol. The van der Waals surface area contributed by atoms with Gasteiger partial charge in [0, 0.05) is 0 Å². The molecule has 0 unspecified atom stereocenters. The van der Waals surface area contributed by atoms with E-state index in [1.54, 1.807) is 46.7 Å². The largest absolute Gasteiger partial charge is 1.00 e. The molecule has 0 heterocycles. The summed E-state index contributed by atoms with van der Waals surface area (Å²) < 4.78 is 0. The molecule has 0 aliphatic carbocycles. The third-order valence-corrected chi connectivity index (χ3v) is 29.3. The number of rotatable bonds is 8. The quantitative estimate of drug-likeness (QED) is 0.105. The Morgan fingerprint density at radius 2 is 0.444 bits per heavy atom. The molecule has 0 N–H and O–H groups in total. The second-order valence-electron chi connectivity index (χ2n) is 24.7. The van der Waals surface area contributed by atoms with Gasteiger partial charge in [0.05, 0.1) is 0 Å². The first kappa shape index (κ1) is 76.8. The van der Waals surface area contributed by atoms with Crippen LogP contribution in [0.5, 0.6) is 0 Å². The van der Waals surface area contributed by atoms with Crippen molar-refractivity contribution in [1.29, 1.82) is 0 Å². The number of aryl methyl sites for hydroxylation is 8. The van der Waals surface area contributed by atoms with Crippen molar-refractivity contribution in [1.82, 2.24) is 0 Å². The van der Waals surface area contributed by atoms with Crippen LogP contribution in [0.1, 0.15) is 146 Å². The Balaban J connectivity index is 0.000000196. The van der Waals surface area contributed by atoms with Crippen LogP contribution in [0.15, 0.2) is 194 Å². The van der Waals surface area contributed by atoms with E-state index in [1.807, 2.05) is 48.5 Å². The van der Waals surface area contributed by atoms with E-state index in [2.05, 4.69) is 256 Å². The van der Waals surface area contributed by atoms with Crippen LogP contribution < -0.4 is 45.6 Å². The Labute approximate surface area is 601 Å². The van der Waals surface area contributed by atoms with Gasteiger partial charge in [-0.3, -0.25) is 0 Å². The van der Waals surface area contributed by atoms with E-state index in [4.69, 9.17) is 46.4 Å². The van der Waals surface area contributed by atoms with E-state index >= 15 is 0 Å². The van der Waals surface area contributed by atoms with Crippen LogP contribution in [-0.4, -0.2) is 10.9 Å². The fourth-order valence-corrected chi connectivity index (χ4v) is 19.3. The Hall–Kier alpha value is -3.86. The molecule has 0 radical (unpaired) electrons. The van der Waals surface area contributed by atoms with Gasteiger partial charge in [-0.2, -0.15) is 24.3 Å². The normalized spacial score (nSPS) is 10.8. The maximum absolute atomic E-state index is 5.88. The van der Waals surface area contributed by atoms with Crippen LogP contribution in [0.4, 0.5) is 0 Å². The molecule has 12 aromatic rings. The van der Waals surface area contributed by atoms with Gasteiger partial charge in [0.2, 0.25) is 0 Å². The fourth-order valence-electron chi connectivity index (χ4n) is 11.3. The first-order valence-electron chi connectivity index (χ1n) is 30.6. The van der Waals surface area contributed by atoms with Crippen molar-refractivity contribution in [2.24, 2.45) is 0 Å². The van der Waals surface area contributed by atoms with Gasteiger partial charge in [0.15, 0.2) is 0 Å². The van der Waals surface area contributed by atoms with Crippen molar-refractivity contribution in [3.63, 3.8) is 0 Å². The Bertz CT molecular complexity index is 3750. The molecule has 0 nitrogen and oxygen atoms in total. The van der Waals surface area contributed by atoms with E-state index < -0.39 is 10.9 Å². The zero-order valence-corrected chi connectivity index (χ0v) is 66.5. The summed E-state index contributed by atoms with van der Waals surface area (Å²) in [5, 5.41) is 20.2. The van der Waals surface area contributed by atoms with E-state index in [0.29, 0.717) is 23.7 Å². The third-order valence-electron chi connectivity index (χ3n) is 16.2. The summed E-state index contributed by atoms with van der Waals surface area (Å²) >= 11 is 26.7. The van der Waals surface area contributed by atoms with Crippen LogP contribution in [0.2, 0.25) is 20.1 Å². The molecule has 0 bridgehead atoms. The van der Waals surface area contributed by atoms with Crippen LogP contribution in [0.3, 0.4) is 0 Å². The summed E-state index contributed by atoms with van der Waals surface area (Å²) in [5.41, 5.74) is 15.7. The molecule has 0 saturated heterocycles. The molecular weight excluding hydrogens is 1410 g/mol. The molecule has 0 fully saturated rings. The van der Waals surface area contributed by atoms with Crippen molar-refractivity contribution < 1.29 is 71.5 Å². The fraction of sp³-hybridized carbons (Fsp3) is 0.250. The van der Waals surface area contributed by atoms with Gasteiger partial charge >= 0.3 is 242 Å². The topological polar surface area (TPSA) is 0 Å². The number of hydrogen-bond donors (Lipinski definition) is 0. The molecule has 0 atom stereocenters. The van der Waals surface area contributed by atoms with E-state index in [-0.39, 0.29) is 24.8 Å². The predicted octanol–water partition coefficient (Wildman–Crippen LogP) is 16.5. The Morgan fingerprint density at radius 3 is 0.600 bits per heavy atom. The summed E-state index contributed by atoms with van der Waals surface area (Å²) in [4.78, 5) is 0. The van der Waals surface area contributed by atoms with Gasteiger partial charge < -0.3 is 24.8 Å². The Kier molecular flexibility index (Phi) is 30.4. The van der Waals surface area contributed by atoms with Gasteiger partial charge in [-0.25, -0.2) is 0 Å². The molecule has 12 rings (SSSR count). The van der Waals surface area contributed by atoms with Crippen LogP contribution in [0.25, 0.3) is 43.1 Å².